The first-order valence-corrected chi connectivity index (χ1v) is 3.55. The van der Waals surface area contributed by atoms with Crippen LogP contribution in [0.2, 0.25) is 0 Å². The Bertz CT molecular complexity index is 374. The van der Waals surface area contributed by atoms with Gasteiger partial charge in [-0.2, -0.15) is 0 Å². The molecule has 0 fully saturated rings. The van der Waals surface area contributed by atoms with Crippen LogP contribution in [0, 0.1) is 15.5 Å². The zero-order valence-electron chi connectivity index (χ0n) is 6.94. The molecule has 2 N–H and O–H groups in total. The van der Waals surface area contributed by atoms with Crippen molar-refractivity contribution in [1.82, 2.24) is 0 Å². The summed E-state index contributed by atoms with van der Waals surface area (Å²) in [6.45, 7) is 1.46. The Labute approximate surface area is 81.7 Å². The number of aromatic hydroxyl groups is 1. The van der Waals surface area contributed by atoms with Gasteiger partial charge in [0.05, 0.1) is 4.92 Å². The van der Waals surface area contributed by atoms with E-state index in [0.717, 1.165) is 0 Å². The molecule has 1 aromatic carbocycles. The smallest absolute Gasteiger partial charge is 0.270 e. The third-order valence-electron chi connectivity index (χ3n) is 1.59. The van der Waals surface area contributed by atoms with Crippen molar-refractivity contribution < 1.29 is 10.0 Å². The second-order valence-corrected chi connectivity index (χ2v) is 2.58. The van der Waals surface area contributed by atoms with Crippen LogP contribution in [0.5, 0.6) is 5.75 Å². The minimum absolute atomic E-state index is 0. The molecule has 1 aromatic rings. The van der Waals surface area contributed by atoms with E-state index in [-0.39, 0.29) is 30.1 Å². The Kier molecular flexibility index (Phi) is 3.77. The molecule has 0 saturated heterocycles. The number of benzene rings is 1. The average molecular weight is 196 g/mol. The molecule has 1 rings (SSSR count). The lowest BCUT2D eigenvalue weighted by atomic mass is 10.1. The van der Waals surface area contributed by atoms with Gasteiger partial charge in [0.1, 0.15) is 5.75 Å². The van der Waals surface area contributed by atoms with Crippen LogP contribution < -0.4 is 0 Å². The van der Waals surface area contributed by atoms with Gasteiger partial charge < -0.3 is 10.5 Å². The van der Waals surface area contributed by atoms with E-state index in [4.69, 9.17) is 5.41 Å². The predicted octanol–water partition coefficient (Wildman–Crippen LogP) is 2.32. The maximum Gasteiger partial charge on any atom is 0.270 e. The van der Waals surface area contributed by atoms with E-state index in [1.54, 1.807) is 0 Å². The lowest BCUT2D eigenvalue weighted by Gasteiger charge is -2.00. The second kappa shape index (κ2) is 4.36. The van der Waals surface area contributed by atoms with Crippen LogP contribution in [0.25, 0.3) is 0 Å². The van der Waals surface area contributed by atoms with Crippen LogP contribution in [-0.4, -0.2) is 15.7 Å². The van der Waals surface area contributed by atoms with Gasteiger partial charge in [-0.3, -0.25) is 10.1 Å². The number of nitrogens with zero attached hydrogens (tertiary/aromatic N) is 1. The van der Waals surface area contributed by atoms with Crippen molar-refractivity contribution in [1.29, 1.82) is 5.41 Å². The molecule has 0 aliphatic rings. The third kappa shape index (κ3) is 2.29. The molecule has 0 aliphatic carbocycles. The summed E-state index contributed by atoms with van der Waals surface area (Å²) in [5.41, 5.74) is 0.162. The standard InChI is InChI=1S/C8H8N2O3.CH4/c1-5(9)7-4-6(10(12)13)2-3-8(7)11;/h2-4,9,11H,1H3;1H4. The molecule has 76 valence electrons. The number of hydrogen-bond acceptors (Lipinski definition) is 4. The van der Waals surface area contributed by atoms with Gasteiger partial charge in [-0.05, 0) is 13.0 Å². The molecule has 0 aliphatic heterocycles. The number of hydrogen-bond donors (Lipinski definition) is 2. The zero-order valence-corrected chi connectivity index (χ0v) is 6.94. The van der Waals surface area contributed by atoms with Crippen molar-refractivity contribution in [2.24, 2.45) is 0 Å². The molecule has 0 aromatic heterocycles. The molecule has 0 unspecified atom stereocenters. The maximum absolute atomic E-state index is 10.3. The van der Waals surface area contributed by atoms with Gasteiger partial charge in [0, 0.05) is 23.4 Å². The highest BCUT2D eigenvalue weighted by atomic mass is 16.6. The molecule has 5 nitrogen and oxygen atoms in total. The molecule has 0 bridgehead atoms. The monoisotopic (exact) mass is 196 g/mol. The molecule has 0 atom stereocenters. The Morgan fingerprint density at radius 2 is 2.14 bits per heavy atom. The van der Waals surface area contributed by atoms with E-state index in [2.05, 4.69) is 0 Å². The first-order chi connectivity index (χ1) is 6.02. The average Bonchev–Trinajstić information content (AvgIpc) is 2.04. The highest BCUT2D eigenvalue weighted by Crippen LogP contribution is 2.22. The van der Waals surface area contributed by atoms with Crippen molar-refractivity contribution in [3.63, 3.8) is 0 Å². The number of nitro groups is 1. The SMILES string of the molecule is C.CC(=N)c1cc([N+](=O)[O-])ccc1O. The summed E-state index contributed by atoms with van der Waals surface area (Å²) >= 11 is 0. The first kappa shape index (κ1) is 12.1. The van der Waals surface area contributed by atoms with Crippen LogP contribution in [0.3, 0.4) is 0 Å². The summed E-state index contributed by atoms with van der Waals surface area (Å²) in [6.07, 6.45) is 0. The van der Waals surface area contributed by atoms with Gasteiger partial charge in [0.2, 0.25) is 0 Å². The molecule has 14 heavy (non-hydrogen) atoms. The summed E-state index contributed by atoms with van der Waals surface area (Å²) in [5, 5.41) is 26.8. The van der Waals surface area contributed by atoms with Gasteiger partial charge in [0.15, 0.2) is 0 Å². The summed E-state index contributed by atoms with van der Waals surface area (Å²) in [4.78, 5) is 9.78. The zero-order chi connectivity index (χ0) is 10.0. The van der Waals surface area contributed by atoms with Crippen molar-refractivity contribution in [2.45, 2.75) is 14.4 Å². The van der Waals surface area contributed by atoms with E-state index < -0.39 is 4.92 Å². The summed E-state index contributed by atoms with van der Waals surface area (Å²) in [7, 11) is 0. The molecule has 0 heterocycles. The van der Waals surface area contributed by atoms with E-state index >= 15 is 0 Å². The molecule has 0 spiro atoms. The fourth-order valence-electron chi connectivity index (χ4n) is 0.938. The molecule has 5 heteroatoms. The van der Waals surface area contributed by atoms with E-state index in [0.29, 0.717) is 0 Å². The van der Waals surface area contributed by atoms with Crippen LogP contribution in [-0.2, 0) is 0 Å². The number of nitro benzene ring substituents is 1. The maximum atomic E-state index is 10.3. The highest BCUT2D eigenvalue weighted by Gasteiger charge is 2.10. The van der Waals surface area contributed by atoms with E-state index in [9.17, 15) is 15.2 Å². The van der Waals surface area contributed by atoms with Gasteiger partial charge >= 0.3 is 0 Å². The van der Waals surface area contributed by atoms with Gasteiger partial charge in [0.25, 0.3) is 5.69 Å². The van der Waals surface area contributed by atoms with Gasteiger partial charge in [-0.25, -0.2) is 0 Å². The summed E-state index contributed by atoms with van der Waals surface area (Å²) < 4.78 is 0. The predicted molar refractivity (Wildman–Crippen MR) is 54.0 cm³/mol. The van der Waals surface area contributed by atoms with Crippen molar-refractivity contribution in [3.05, 3.63) is 33.9 Å². The van der Waals surface area contributed by atoms with E-state index in [1.165, 1.54) is 25.1 Å². The summed E-state index contributed by atoms with van der Waals surface area (Å²) in [5.74, 6) is -0.113. The van der Waals surface area contributed by atoms with Gasteiger partial charge in [-0.1, -0.05) is 7.43 Å². The fraction of sp³-hybridized carbons (Fsp3) is 0.222. The lowest BCUT2D eigenvalue weighted by Crippen LogP contribution is -1.95. The van der Waals surface area contributed by atoms with Crippen molar-refractivity contribution >= 4 is 11.4 Å². The summed E-state index contributed by atoms with van der Waals surface area (Å²) in [6, 6.07) is 3.59. The first-order valence-electron chi connectivity index (χ1n) is 3.55. The Hall–Kier alpha value is -1.91. The number of rotatable bonds is 2. The molecule has 0 radical (unpaired) electrons. The molecular weight excluding hydrogens is 184 g/mol. The van der Waals surface area contributed by atoms with Crippen molar-refractivity contribution in [2.75, 3.05) is 0 Å². The largest absolute Gasteiger partial charge is 0.507 e. The minimum atomic E-state index is -0.564. The highest BCUT2D eigenvalue weighted by molar-refractivity contribution is 5.99. The fourth-order valence-corrected chi connectivity index (χ4v) is 0.938. The topological polar surface area (TPSA) is 87.2 Å². The Balaban J connectivity index is 0.00000169. The molecular formula is C9H12N2O3. The number of phenols is 1. The number of nitrogens with one attached hydrogen (secondary N) is 1. The Morgan fingerprint density at radius 3 is 2.57 bits per heavy atom. The minimum Gasteiger partial charge on any atom is -0.507 e. The molecule has 0 saturated carbocycles. The van der Waals surface area contributed by atoms with Crippen LogP contribution in [0.15, 0.2) is 18.2 Å². The van der Waals surface area contributed by atoms with Crippen LogP contribution >= 0.6 is 0 Å². The Morgan fingerprint density at radius 1 is 1.57 bits per heavy atom. The quantitative estimate of drug-likeness (QED) is 0.432. The van der Waals surface area contributed by atoms with Crippen LogP contribution in [0.1, 0.15) is 19.9 Å². The lowest BCUT2D eigenvalue weighted by molar-refractivity contribution is -0.384. The van der Waals surface area contributed by atoms with Crippen molar-refractivity contribution in [3.8, 4) is 5.75 Å². The normalized spacial score (nSPS) is 8.93. The third-order valence-corrected chi connectivity index (χ3v) is 1.59. The van der Waals surface area contributed by atoms with E-state index in [1.807, 2.05) is 0 Å². The van der Waals surface area contributed by atoms with Gasteiger partial charge in [-0.15, -0.1) is 0 Å². The molecule has 0 amide bonds. The number of non-ortho nitro benzene ring substituents is 1. The number of phenolic OH excluding ortho intramolecular Hbond substituents is 1. The second-order valence-electron chi connectivity index (χ2n) is 2.58. The van der Waals surface area contributed by atoms with Crippen LogP contribution in [0.4, 0.5) is 5.69 Å².